The molecular formula is C12H15N7O. The predicted molar refractivity (Wildman–Crippen MR) is 75.6 cm³/mol. The summed E-state index contributed by atoms with van der Waals surface area (Å²) < 4.78 is 0. The molecule has 0 unspecified atom stereocenters. The lowest BCUT2D eigenvalue weighted by Gasteiger charge is -2.10. The topological polar surface area (TPSA) is 132 Å². The average molecular weight is 273 g/mol. The monoisotopic (exact) mass is 273 g/mol. The van der Waals surface area contributed by atoms with Crippen molar-refractivity contribution >= 4 is 23.4 Å². The standard InChI is InChI=1S/C12H15N7O/c13-3-6-16-12-17-7-9(10(14)20)11(19-12)18-8-1-4-15-5-2-8/h1-2,4-5,7H,3,6,13H2,(H2,14,20)(H2,15,16,17,18,19). The second-order valence-electron chi connectivity index (χ2n) is 3.90. The first kappa shape index (κ1) is 13.7. The number of nitrogens with two attached hydrogens (primary N) is 2. The number of nitrogens with zero attached hydrogens (tertiary/aromatic N) is 3. The molecule has 2 rings (SSSR count). The van der Waals surface area contributed by atoms with Gasteiger partial charge in [-0.15, -0.1) is 0 Å². The Kier molecular flexibility index (Phi) is 4.40. The molecule has 6 N–H and O–H groups in total. The summed E-state index contributed by atoms with van der Waals surface area (Å²) in [5.74, 6) is 0.0992. The third-order valence-electron chi connectivity index (χ3n) is 2.42. The van der Waals surface area contributed by atoms with E-state index in [-0.39, 0.29) is 5.56 Å². The fourth-order valence-corrected chi connectivity index (χ4v) is 1.50. The molecule has 0 atom stereocenters. The zero-order chi connectivity index (χ0) is 14.4. The van der Waals surface area contributed by atoms with Crippen molar-refractivity contribution in [3.63, 3.8) is 0 Å². The van der Waals surface area contributed by atoms with E-state index < -0.39 is 5.91 Å². The van der Waals surface area contributed by atoms with Gasteiger partial charge >= 0.3 is 0 Å². The highest BCUT2D eigenvalue weighted by Crippen LogP contribution is 2.18. The maximum absolute atomic E-state index is 11.4. The van der Waals surface area contributed by atoms with E-state index in [1.807, 2.05) is 0 Å². The SMILES string of the molecule is NCCNc1ncc(C(N)=O)c(Nc2ccncc2)n1. The molecule has 0 aliphatic heterocycles. The van der Waals surface area contributed by atoms with Gasteiger partial charge in [-0.3, -0.25) is 9.78 Å². The van der Waals surface area contributed by atoms with E-state index in [1.165, 1.54) is 6.20 Å². The minimum Gasteiger partial charge on any atom is -0.365 e. The van der Waals surface area contributed by atoms with E-state index in [2.05, 4.69) is 25.6 Å². The maximum Gasteiger partial charge on any atom is 0.254 e. The maximum atomic E-state index is 11.4. The first-order chi connectivity index (χ1) is 9.70. The largest absolute Gasteiger partial charge is 0.365 e. The molecule has 1 amide bonds. The lowest BCUT2D eigenvalue weighted by atomic mass is 10.3. The summed E-state index contributed by atoms with van der Waals surface area (Å²) in [6.07, 6.45) is 4.62. The van der Waals surface area contributed by atoms with E-state index >= 15 is 0 Å². The number of amides is 1. The van der Waals surface area contributed by atoms with Crippen LogP contribution in [0, 0.1) is 0 Å². The molecule has 104 valence electrons. The van der Waals surface area contributed by atoms with Gasteiger partial charge < -0.3 is 22.1 Å². The van der Waals surface area contributed by atoms with Gasteiger partial charge in [0.1, 0.15) is 11.4 Å². The Labute approximate surface area is 115 Å². The molecule has 0 aliphatic rings. The molecule has 0 aromatic carbocycles. The summed E-state index contributed by atoms with van der Waals surface area (Å²) in [6.45, 7) is 0.985. The van der Waals surface area contributed by atoms with Gasteiger partial charge in [0.2, 0.25) is 5.95 Å². The number of hydrogen-bond acceptors (Lipinski definition) is 7. The summed E-state index contributed by atoms with van der Waals surface area (Å²) in [5.41, 5.74) is 11.7. The predicted octanol–water partition coefficient (Wildman–Crippen LogP) is 0.0847. The normalized spacial score (nSPS) is 10.1. The van der Waals surface area contributed by atoms with Crippen molar-refractivity contribution < 1.29 is 4.79 Å². The molecule has 2 aromatic rings. The van der Waals surface area contributed by atoms with Crippen molar-refractivity contribution in [2.45, 2.75) is 0 Å². The number of aromatic nitrogens is 3. The molecule has 20 heavy (non-hydrogen) atoms. The molecule has 0 bridgehead atoms. The van der Waals surface area contributed by atoms with Gasteiger partial charge in [-0.2, -0.15) is 4.98 Å². The second-order valence-corrected chi connectivity index (χ2v) is 3.90. The van der Waals surface area contributed by atoms with Crippen LogP contribution in [0.25, 0.3) is 0 Å². The Bertz CT molecular complexity index is 588. The van der Waals surface area contributed by atoms with Gasteiger partial charge in [-0.1, -0.05) is 0 Å². The summed E-state index contributed by atoms with van der Waals surface area (Å²) >= 11 is 0. The van der Waals surface area contributed by atoms with Crippen LogP contribution in [0.4, 0.5) is 17.5 Å². The Hall–Kier alpha value is -2.74. The first-order valence-electron chi connectivity index (χ1n) is 5.98. The Morgan fingerprint density at radius 2 is 2.05 bits per heavy atom. The molecule has 0 radical (unpaired) electrons. The third kappa shape index (κ3) is 3.39. The molecule has 0 aliphatic carbocycles. The molecule has 0 fully saturated rings. The zero-order valence-electron chi connectivity index (χ0n) is 10.7. The van der Waals surface area contributed by atoms with Crippen LogP contribution >= 0.6 is 0 Å². The summed E-state index contributed by atoms with van der Waals surface area (Å²) in [5, 5.41) is 5.94. The van der Waals surface area contributed by atoms with Crippen molar-refractivity contribution in [2.24, 2.45) is 11.5 Å². The van der Waals surface area contributed by atoms with Gasteiger partial charge in [-0.25, -0.2) is 4.98 Å². The van der Waals surface area contributed by atoms with E-state index in [9.17, 15) is 4.79 Å². The van der Waals surface area contributed by atoms with Gasteiger partial charge in [-0.05, 0) is 12.1 Å². The molecule has 2 aromatic heterocycles. The quantitative estimate of drug-likeness (QED) is 0.586. The lowest BCUT2D eigenvalue weighted by Crippen LogP contribution is -2.18. The minimum atomic E-state index is -0.605. The Balaban J connectivity index is 2.29. The fourth-order valence-electron chi connectivity index (χ4n) is 1.50. The number of rotatable bonds is 6. The highest BCUT2D eigenvalue weighted by atomic mass is 16.1. The third-order valence-corrected chi connectivity index (χ3v) is 2.42. The summed E-state index contributed by atoms with van der Waals surface area (Å²) in [7, 11) is 0. The summed E-state index contributed by atoms with van der Waals surface area (Å²) in [4.78, 5) is 23.5. The number of anilines is 3. The van der Waals surface area contributed by atoms with E-state index in [0.717, 1.165) is 5.69 Å². The molecule has 8 heteroatoms. The first-order valence-corrected chi connectivity index (χ1v) is 5.98. The van der Waals surface area contributed by atoms with E-state index in [1.54, 1.807) is 24.5 Å². The van der Waals surface area contributed by atoms with Crippen LogP contribution in [0.3, 0.4) is 0 Å². The van der Waals surface area contributed by atoms with E-state index in [0.29, 0.717) is 24.9 Å². The number of primary amides is 1. The molecule has 0 saturated heterocycles. The lowest BCUT2D eigenvalue weighted by molar-refractivity contribution is 0.100. The minimum absolute atomic E-state index is 0.208. The smallest absolute Gasteiger partial charge is 0.254 e. The number of carbonyl (C=O) groups is 1. The van der Waals surface area contributed by atoms with Crippen LogP contribution < -0.4 is 22.1 Å². The van der Waals surface area contributed by atoms with Crippen molar-refractivity contribution in [3.05, 3.63) is 36.3 Å². The van der Waals surface area contributed by atoms with Gasteiger partial charge in [0.15, 0.2) is 0 Å². The number of hydrogen-bond donors (Lipinski definition) is 4. The summed E-state index contributed by atoms with van der Waals surface area (Å²) in [6, 6.07) is 3.50. The Morgan fingerprint density at radius 3 is 2.70 bits per heavy atom. The van der Waals surface area contributed by atoms with E-state index in [4.69, 9.17) is 11.5 Å². The van der Waals surface area contributed by atoms with Gasteiger partial charge in [0.05, 0.1) is 0 Å². The molecule has 2 heterocycles. The van der Waals surface area contributed by atoms with Crippen LogP contribution in [0.1, 0.15) is 10.4 Å². The number of nitrogens with one attached hydrogen (secondary N) is 2. The Morgan fingerprint density at radius 1 is 1.30 bits per heavy atom. The molecule has 0 spiro atoms. The van der Waals surface area contributed by atoms with Gasteiger partial charge in [0, 0.05) is 37.4 Å². The highest BCUT2D eigenvalue weighted by Gasteiger charge is 2.12. The van der Waals surface area contributed by atoms with Crippen molar-refractivity contribution in [1.29, 1.82) is 0 Å². The van der Waals surface area contributed by atoms with Crippen molar-refractivity contribution in [2.75, 3.05) is 23.7 Å². The van der Waals surface area contributed by atoms with Crippen LogP contribution in [0.2, 0.25) is 0 Å². The van der Waals surface area contributed by atoms with Crippen molar-refractivity contribution in [1.82, 2.24) is 15.0 Å². The molecule has 8 nitrogen and oxygen atoms in total. The number of pyridine rings is 1. The molecular weight excluding hydrogens is 258 g/mol. The van der Waals surface area contributed by atoms with Crippen LogP contribution in [0.5, 0.6) is 0 Å². The number of carbonyl (C=O) groups excluding carboxylic acids is 1. The zero-order valence-corrected chi connectivity index (χ0v) is 10.7. The van der Waals surface area contributed by atoms with Gasteiger partial charge in [0.25, 0.3) is 5.91 Å². The van der Waals surface area contributed by atoms with Crippen LogP contribution in [-0.2, 0) is 0 Å². The molecule has 0 saturated carbocycles. The van der Waals surface area contributed by atoms with Crippen molar-refractivity contribution in [3.8, 4) is 0 Å². The second kappa shape index (κ2) is 6.43. The highest BCUT2D eigenvalue weighted by molar-refractivity contribution is 5.98. The fraction of sp³-hybridized carbons (Fsp3) is 0.167. The van der Waals surface area contributed by atoms with Crippen LogP contribution in [-0.4, -0.2) is 33.9 Å². The average Bonchev–Trinajstić information content (AvgIpc) is 2.46. The van der Waals surface area contributed by atoms with Crippen LogP contribution in [0.15, 0.2) is 30.7 Å².